The van der Waals surface area contributed by atoms with Crippen LogP contribution in [0.3, 0.4) is 0 Å². The van der Waals surface area contributed by atoms with E-state index in [-0.39, 0.29) is 5.82 Å². The first-order chi connectivity index (χ1) is 8.74. The van der Waals surface area contributed by atoms with E-state index in [0.29, 0.717) is 17.7 Å². The fourth-order valence-corrected chi connectivity index (χ4v) is 1.86. The first-order valence-electron chi connectivity index (χ1n) is 5.68. The number of halogens is 1. The lowest BCUT2D eigenvalue weighted by atomic mass is 10.0. The van der Waals surface area contributed by atoms with Gasteiger partial charge in [0.25, 0.3) is 0 Å². The molecule has 2 aromatic rings. The van der Waals surface area contributed by atoms with Gasteiger partial charge in [-0.3, -0.25) is 0 Å². The van der Waals surface area contributed by atoms with Crippen molar-refractivity contribution < 1.29 is 4.39 Å². The van der Waals surface area contributed by atoms with E-state index in [2.05, 4.69) is 11.4 Å². The molecule has 3 heteroatoms. The molecule has 18 heavy (non-hydrogen) atoms. The number of nitriles is 1. The topological polar surface area (TPSA) is 35.8 Å². The zero-order chi connectivity index (χ0) is 13.0. The smallest absolute Gasteiger partial charge is 0.131 e. The molecular formula is C15H13FN2. The van der Waals surface area contributed by atoms with Crippen LogP contribution < -0.4 is 5.32 Å². The lowest BCUT2D eigenvalue weighted by molar-refractivity contribution is 0.630. The molecule has 0 spiro atoms. The molecule has 0 radical (unpaired) electrons. The Balaban J connectivity index is 2.48. The van der Waals surface area contributed by atoms with Gasteiger partial charge < -0.3 is 5.32 Å². The third-order valence-electron chi connectivity index (χ3n) is 2.71. The Labute approximate surface area is 106 Å². The molecule has 0 heterocycles. The minimum absolute atomic E-state index is 0.273. The maximum Gasteiger partial charge on any atom is 0.131 e. The Bertz CT molecular complexity index is 600. The van der Waals surface area contributed by atoms with Crippen molar-refractivity contribution in [1.29, 1.82) is 5.26 Å². The van der Waals surface area contributed by atoms with Crippen molar-refractivity contribution in [3.63, 3.8) is 0 Å². The predicted molar refractivity (Wildman–Crippen MR) is 69.3 cm³/mol. The number of benzene rings is 2. The van der Waals surface area contributed by atoms with Crippen molar-refractivity contribution >= 4 is 0 Å². The van der Waals surface area contributed by atoms with Crippen LogP contribution in [0.25, 0.3) is 11.1 Å². The molecule has 0 atom stereocenters. The summed E-state index contributed by atoms with van der Waals surface area (Å²) in [6, 6.07) is 14.1. The van der Waals surface area contributed by atoms with E-state index < -0.39 is 0 Å². The summed E-state index contributed by atoms with van der Waals surface area (Å²) in [5.41, 5.74) is 2.80. The first kappa shape index (κ1) is 12.3. The summed E-state index contributed by atoms with van der Waals surface area (Å²) >= 11 is 0. The van der Waals surface area contributed by atoms with Gasteiger partial charge in [0.15, 0.2) is 0 Å². The van der Waals surface area contributed by atoms with Crippen molar-refractivity contribution in [1.82, 2.24) is 5.32 Å². The van der Waals surface area contributed by atoms with Crippen LogP contribution in [0, 0.1) is 17.1 Å². The van der Waals surface area contributed by atoms with Gasteiger partial charge in [-0.15, -0.1) is 0 Å². The summed E-state index contributed by atoms with van der Waals surface area (Å²) in [6.45, 7) is 0.686. The lowest BCUT2D eigenvalue weighted by Gasteiger charge is -2.07. The van der Waals surface area contributed by atoms with Gasteiger partial charge in [-0.2, -0.15) is 5.26 Å². The maximum absolute atomic E-state index is 13.8. The van der Waals surface area contributed by atoms with Crippen LogP contribution in [-0.2, 0) is 6.54 Å². The molecule has 90 valence electrons. The second kappa shape index (κ2) is 5.44. The summed E-state index contributed by atoms with van der Waals surface area (Å²) in [7, 11) is 1.85. The van der Waals surface area contributed by atoms with E-state index in [1.165, 1.54) is 6.07 Å². The largest absolute Gasteiger partial charge is 0.316 e. The molecule has 0 aromatic heterocycles. The molecule has 2 rings (SSSR count). The quantitative estimate of drug-likeness (QED) is 0.894. The van der Waals surface area contributed by atoms with Crippen LogP contribution in [0.4, 0.5) is 4.39 Å². The van der Waals surface area contributed by atoms with Gasteiger partial charge >= 0.3 is 0 Å². The van der Waals surface area contributed by atoms with Gasteiger partial charge in [0, 0.05) is 12.1 Å². The van der Waals surface area contributed by atoms with Crippen LogP contribution in [0.5, 0.6) is 0 Å². The van der Waals surface area contributed by atoms with E-state index in [9.17, 15) is 4.39 Å². The summed E-state index contributed by atoms with van der Waals surface area (Å²) in [4.78, 5) is 0. The molecule has 2 aromatic carbocycles. The molecule has 0 amide bonds. The van der Waals surface area contributed by atoms with Gasteiger partial charge in [0.1, 0.15) is 5.82 Å². The van der Waals surface area contributed by atoms with E-state index in [4.69, 9.17) is 5.26 Å². The number of hydrogen-bond donors (Lipinski definition) is 1. The third kappa shape index (κ3) is 2.55. The fourth-order valence-electron chi connectivity index (χ4n) is 1.86. The molecular weight excluding hydrogens is 227 g/mol. The number of rotatable bonds is 3. The van der Waals surface area contributed by atoms with Crippen molar-refractivity contribution in [2.75, 3.05) is 7.05 Å². The summed E-state index contributed by atoms with van der Waals surface area (Å²) in [6.07, 6.45) is 0. The van der Waals surface area contributed by atoms with E-state index in [1.54, 1.807) is 24.3 Å². The van der Waals surface area contributed by atoms with E-state index >= 15 is 0 Å². The Morgan fingerprint density at radius 1 is 1.22 bits per heavy atom. The number of nitrogens with one attached hydrogen (secondary N) is 1. The first-order valence-corrected chi connectivity index (χ1v) is 5.68. The highest BCUT2D eigenvalue weighted by Crippen LogP contribution is 2.24. The molecule has 0 aliphatic heterocycles. The molecule has 0 fully saturated rings. The van der Waals surface area contributed by atoms with Gasteiger partial charge in [-0.05, 0) is 42.4 Å². The second-order valence-corrected chi connectivity index (χ2v) is 4.04. The minimum atomic E-state index is -0.273. The van der Waals surface area contributed by atoms with Crippen molar-refractivity contribution in [3.8, 4) is 17.2 Å². The summed E-state index contributed by atoms with van der Waals surface area (Å²) in [5, 5.41) is 11.9. The second-order valence-electron chi connectivity index (χ2n) is 4.04. The average molecular weight is 240 g/mol. The molecule has 2 nitrogen and oxygen atoms in total. The van der Waals surface area contributed by atoms with Crippen LogP contribution in [-0.4, -0.2) is 7.05 Å². The standard InChI is InChI=1S/C15H13FN2/c1-18-10-12-5-6-15(16)14(8-12)13-4-2-3-11(7-13)9-17/h2-8,18H,10H2,1H3. The molecule has 1 N–H and O–H groups in total. The van der Waals surface area contributed by atoms with Gasteiger partial charge in [-0.25, -0.2) is 4.39 Å². The SMILES string of the molecule is CNCc1ccc(F)c(-c2cccc(C#N)c2)c1. The molecule has 0 saturated heterocycles. The third-order valence-corrected chi connectivity index (χ3v) is 2.71. The zero-order valence-electron chi connectivity index (χ0n) is 10.1. The van der Waals surface area contributed by atoms with Gasteiger partial charge in [-0.1, -0.05) is 18.2 Å². The minimum Gasteiger partial charge on any atom is -0.316 e. The molecule has 0 saturated carbocycles. The Morgan fingerprint density at radius 2 is 2.06 bits per heavy atom. The average Bonchev–Trinajstić information content (AvgIpc) is 2.41. The lowest BCUT2D eigenvalue weighted by Crippen LogP contribution is -2.05. The van der Waals surface area contributed by atoms with E-state index in [0.717, 1.165) is 11.1 Å². The molecule has 0 unspecified atom stereocenters. The summed E-state index contributed by atoms with van der Waals surface area (Å²) < 4.78 is 13.8. The van der Waals surface area contributed by atoms with Crippen molar-refractivity contribution in [2.45, 2.75) is 6.54 Å². The Hall–Kier alpha value is -2.18. The van der Waals surface area contributed by atoms with E-state index in [1.807, 2.05) is 19.2 Å². The highest BCUT2D eigenvalue weighted by molar-refractivity contribution is 5.66. The fraction of sp³-hybridized carbons (Fsp3) is 0.133. The van der Waals surface area contributed by atoms with Crippen LogP contribution in [0.2, 0.25) is 0 Å². The van der Waals surface area contributed by atoms with Crippen LogP contribution in [0.1, 0.15) is 11.1 Å². The Morgan fingerprint density at radius 3 is 2.78 bits per heavy atom. The van der Waals surface area contributed by atoms with Crippen molar-refractivity contribution in [3.05, 3.63) is 59.4 Å². The predicted octanol–water partition coefficient (Wildman–Crippen LogP) is 3.08. The van der Waals surface area contributed by atoms with Crippen LogP contribution >= 0.6 is 0 Å². The van der Waals surface area contributed by atoms with Gasteiger partial charge in [0.2, 0.25) is 0 Å². The molecule has 0 aliphatic rings. The van der Waals surface area contributed by atoms with Crippen LogP contribution in [0.15, 0.2) is 42.5 Å². The number of nitrogens with zero attached hydrogens (tertiary/aromatic N) is 1. The number of hydrogen-bond acceptors (Lipinski definition) is 2. The summed E-state index contributed by atoms with van der Waals surface area (Å²) in [5.74, 6) is -0.273. The molecule has 0 bridgehead atoms. The maximum atomic E-state index is 13.8. The highest BCUT2D eigenvalue weighted by Gasteiger charge is 2.06. The normalized spacial score (nSPS) is 10.1. The van der Waals surface area contributed by atoms with Crippen molar-refractivity contribution in [2.24, 2.45) is 0 Å². The zero-order valence-corrected chi connectivity index (χ0v) is 10.1. The molecule has 0 aliphatic carbocycles. The van der Waals surface area contributed by atoms with Gasteiger partial charge in [0.05, 0.1) is 11.6 Å². The Kier molecular flexibility index (Phi) is 3.71. The highest BCUT2D eigenvalue weighted by atomic mass is 19.1. The monoisotopic (exact) mass is 240 g/mol.